The molecule has 15 N–H and O–H groups in total. The normalized spacial score (nSPS) is 23.3. The van der Waals surface area contributed by atoms with Crippen molar-refractivity contribution in [1.82, 2.24) is 0 Å². The quantitative estimate of drug-likeness (QED) is 0.0122. The summed E-state index contributed by atoms with van der Waals surface area (Å²) in [5.74, 6) is 3.29. The van der Waals surface area contributed by atoms with Gasteiger partial charge in [0.15, 0.2) is 6.10 Å². The maximum atomic E-state index is 14.0. The molecule has 0 saturated heterocycles. The molecule has 11 atom stereocenters. The summed E-state index contributed by atoms with van der Waals surface area (Å²) in [6.45, 7) is 19.4. The fourth-order valence-corrected chi connectivity index (χ4v) is 18.5. The highest BCUT2D eigenvalue weighted by atomic mass is 31.2. The molecular formula is C87H156N7O8P. The first kappa shape index (κ1) is 93.6. The third-order valence-corrected chi connectivity index (χ3v) is 24.7. The minimum atomic E-state index is -4.57. The Balaban J connectivity index is 0.00000113. The molecule has 0 aromatic heterocycles. The molecule has 0 amide bonds. The summed E-state index contributed by atoms with van der Waals surface area (Å²) < 4.78 is 36.7. The van der Waals surface area contributed by atoms with Crippen molar-refractivity contribution in [3.05, 3.63) is 109 Å². The Morgan fingerprint density at radius 2 is 1.04 bits per heavy atom. The molecule has 592 valence electrons. The number of carbonyl (C=O) groups is 2. The Morgan fingerprint density at radius 3 is 1.50 bits per heavy atom. The van der Waals surface area contributed by atoms with Crippen LogP contribution in [-0.4, -0.2) is 87.1 Å². The largest absolute Gasteiger partial charge is 0.472 e. The highest BCUT2D eigenvalue weighted by Crippen LogP contribution is 2.68. The van der Waals surface area contributed by atoms with Gasteiger partial charge in [-0.3, -0.25) is 18.6 Å². The number of hydrogen-bond acceptors (Lipinski definition) is 14. The summed E-state index contributed by atoms with van der Waals surface area (Å²) in [5, 5.41) is 0. The van der Waals surface area contributed by atoms with Crippen molar-refractivity contribution in [2.45, 2.75) is 317 Å². The fourth-order valence-electron chi connectivity index (χ4n) is 17.7. The monoisotopic (exact) mass is 1460 g/mol. The van der Waals surface area contributed by atoms with E-state index in [4.69, 9.17) is 58.7 Å². The Morgan fingerprint density at radius 1 is 0.563 bits per heavy atom. The second-order valence-electron chi connectivity index (χ2n) is 31.8. The molecule has 15 nitrogen and oxygen atoms in total. The van der Waals surface area contributed by atoms with Crippen molar-refractivity contribution in [3.8, 4) is 0 Å². The lowest BCUT2D eigenvalue weighted by atomic mass is 9.46. The van der Waals surface area contributed by atoms with Gasteiger partial charge in [-0.15, -0.1) is 0 Å². The number of fused-ring (bicyclic) bond motifs is 5. The van der Waals surface area contributed by atoms with E-state index in [1.807, 2.05) is 0 Å². The first-order valence-electron chi connectivity index (χ1n) is 41.6. The maximum Gasteiger partial charge on any atom is 0.472 e. The van der Waals surface area contributed by atoms with E-state index < -0.39 is 32.6 Å². The summed E-state index contributed by atoms with van der Waals surface area (Å²) in [6, 6.07) is 0. The molecule has 0 aliphatic heterocycles. The van der Waals surface area contributed by atoms with Crippen molar-refractivity contribution in [1.29, 1.82) is 0 Å². The van der Waals surface area contributed by atoms with Gasteiger partial charge < -0.3 is 54.5 Å². The van der Waals surface area contributed by atoms with Gasteiger partial charge in [0.25, 0.3) is 0 Å². The predicted octanol–water partition coefficient (Wildman–Crippen LogP) is 19.4. The highest BCUT2D eigenvalue weighted by Gasteiger charge is 2.60. The third kappa shape index (κ3) is 35.1. The minimum Gasteiger partial charge on any atom is -0.458 e. The number of phosphoric ester groups is 1. The lowest BCUT2D eigenvalue weighted by Crippen LogP contribution is -2.59. The van der Waals surface area contributed by atoms with Crippen molar-refractivity contribution in [2.75, 3.05) is 52.5 Å². The van der Waals surface area contributed by atoms with E-state index in [-0.39, 0.29) is 54.2 Å². The number of carbonyl (C=O) groups excluding carboxylic acids is 2. The number of allylic oxidation sites excluding steroid dienone is 18. The second kappa shape index (κ2) is 54.9. The van der Waals surface area contributed by atoms with Crippen LogP contribution in [0, 0.1) is 57.7 Å². The zero-order chi connectivity index (χ0) is 75.5. The zero-order valence-electron chi connectivity index (χ0n) is 66.5. The molecule has 4 aliphatic rings. The number of phosphoric acid groups is 1. The Hall–Kier alpha value is -3.57. The highest BCUT2D eigenvalue weighted by molar-refractivity contribution is 7.47. The molecular weight excluding hydrogens is 1300 g/mol. The Labute approximate surface area is 629 Å². The molecule has 6 unspecified atom stereocenters. The average Bonchev–Trinajstić information content (AvgIpc) is 1.68. The van der Waals surface area contributed by atoms with Gasteiger partial charge in [0.2, 0.25) is 0 Å². The van der Waals surface area contributed by atoms with E-state index in [0.717, 1.165) is 146 Å². The SMILES string of the molecule is CCCCC/C=C\C/C=C\C/C=C\C/C=C\CCCC(=O)OC(C1CC[C@@]2(C)C(=CCC3C2CC[C@@]2(C)C3CC[C@@H]2[C@H](C)CCCC(C)C)C1)[C@H](COP(=O)(O)OCCN)OC(=O)CCC/C=C\C/C=C\C/C=C\C/C=C\CCCCC.NCCCC(N)(CCCN)C(CN)(CCCN)CCCN. The number of ether oxygens (including phenoxy) is 2. The van der Waals surface area contributed by atoms with Crippen molar-refractivity contribution < 1.29 is 37.6 Å². The van der Waals surface area contributed by atoms with Gasteiger partial charge in [-0.2, -0.15) is 0 Å². The van der Waals surface area contributed by atoms with E-state index in [0.29, 0.717) is 75.7 Å². The molecule has 16 heteroatoms. The summed E-state index contributed by atoms with van der Waals surface area (Å²) in [6.07, 6.45) is 73.9. The summed E-state index contributed by atoms with van der Waals surface area (Å²) >= 11 is 0. The Bertz CT molecular complexity index is 2570. The number of rotatable bonds is 57. The lowest BCUT2D eigenvalue weighted by Gasteiger charge is -2.59. The zero-order valence-corrected chi connectivity index (χ0v) is 67.4. The van der Waals surface area contributed by atoms with E-state index in [1.54, 1.807) is 0 Å². The second-order valence-corrected chi connectivity index (χ2v) is 33.3. The molecule has 0 aromatic carbocycles. The van der Waals surface area contributed by atoms with Gasteiger partial charge in [0, 0.05) is 36.3 Å². The molecule has 4 rings (SSSR count). The van der Waals surface area contributed by atoms with E-state index >= 15 is 0 Å². The van der Waals surface area contributed by atoms with Crippen molar-refractivity contribution in [2.24, 2.45) is 97.8 Å². The van der Waals surface area contributed by atoms with Crippen LogP contribution in [0.25, 0.3) is 0 Å². The number of esters is 2. The van der Waals surface area contributed by atoms with E-state index in [9.17, 15) is 19.0 Å². The number of hydrogen-bond donors (Lipinski definition) is 8. The van der Waals surface area contributed by atoms with Gasteiger partial charge in [0.05, 0.1) is 13.2 Å². The van der Waals surface area contributed by atoms with Crippen LogP contribution in [0.3, 0.4) is 0 Å². The average molecular weight is 1460 g/mol. The van der Waals surface area contributed by atoms with Crippen molar-refractivity contribution in [3.63, 3.8) is 0 Å². The van der Waals surface area contributed by atoms with Crippen LogP contribution < -0.4 is 40.1 Å². The van der Waals surface area contributed by atoms with Gasteiger partial charge in [0.1, 0.15) is 6.10 Å². The smallest absolute Gasteiger partial charge is 0.458 e. The van der Waals surface area contributed by atoms with E-state index in [2.05, 4.69) is 152 Å². The molecule has 0 radical (unpaired) electrons. The van der Waals surface area contributed by atoms with Crippen molar-refractivity contribution >= 4 is 19.8 Å². The summed E-state index contributed by atoms with van der Waals surface area (Å²) in [7, 11) is -4.57. The van der Waals surface area contributed by atoms with Gasteiger partial charge in [-0.25, -0.2) is 4.57 Å². The minimum absolute atomic E-state index is 0.0308. The predicted molar refractivity (Wildman–Crippen MR) is 435 cm³/mol. The van der Waals surface area contributed by atoms with Crippen LogP contribution in [0.5, 0.6) is 0 Å². The molecule has 0 aromatic rings. The first-order valence-corrected chi connectivity index (χ1v) is 43.1. The molecule has 103 heavy (non-hydrogen) atoms. The third-order valence-electron chi connectivity index (χ3n) is 23.7. The Kier molecular flexibility index (Phi) is 49.9. The number of unbranched alkanes of at least 4 members (excludes halogenated alkanes) is 8. The summed E-state index contributed by atoms with van der Waals surface area (Å²) in [4.78, 5) is 38.6. The molecule has 0 bridgehead atoms. The van der Waals surface area contributed by atoms with Crippen LogP contribution in [0.1, 0.15) is 299 Å². The van der Waals surface area contributed by atoms with Crippen LogP contribution in [0.2, 0.25) is 0 Å². The van der Waals surface area contributed by atoms with Gasteiger partial charge in [-0.05, 0) is 272 Å². The van der Waals surface area contributed by atoms with E-state index in [1.165, 1.54) is 95.5 Å². The molecule has 3 fully saturated rings. The van der Waals surface area contributed by atoms with Crippen LogP contribution in [-0.2, 0) is 32.7 Å². The molecule has 0 heterocycles. The van der Waals surface area contributed by atoms with Crippen LogP contribution in [0.4, 0.5) is 0 Å². The molecule has 4 aliphatic carbocycles. The van der Waals surface area contributed by atoms with Crippen LogP contribution >= 0.6 is 7.82 Å². The van der Waals surface area contributed by atoms with Crippen LogP contribution in [0.15, 0.2) is 109 Å². The fraction of sp³-hybridized carbons (Fsp3) is 0.770. The first-order chi connectivity index (χ1) is 49.7. The summed E-state index contributed by atoms with van der Waals surface area (Å²) in [5.41, 5.74) is 42.9. The number of nitrogens with two attached hydrogens (primary N) is 7. The lowest BCUT2D eigenvalue weighted by molar-refractivity contribution is -0.177. The topological polar surface area (TPSA) is 290 Å². The molecule has 3 saturated carbocycles. The standard InChI is InChI=1S/C72H118NO8P.C15H38N6/c1-8-10-12-14-16-18-20-22-24-26-28-30-32-34-36-38-40-45-68(74)80-67(58-79-82(76,77)78-56-55-73)70(81-69(75)46-41-39-37-35-33-31-29-27-25-23-21-19-17-15-13-11-9-2)61-51-53-71(6)62(57-61)47-48-63-65-50-49-64(60(5)44-42-43-59(3)4)72(65,7)54-52-66(63)71;16-9-1-5-14(13-20,6-2-10-17)15(21,7-3-11-18)8-4-12-19/h16-19,22-25,28-31,34-37,47,59-61,63-67,70H,8-15,20-21,26-27,32-33,38-46,48-58,73H2,1-7H3,(H,76,77);1-13,16-21H2/b18-16-,19-17-,24-22-,25-23-,30-28-,31-29-,36-34-,37-35-;/t60-,61?,63?,64-,65?,66?,67+,70?,71+,72-;/m1./s1. The molecule has 0 spiro atoms. The maximum absolute atomic E-state index is 14.0. The van der Waals surface area contributed by atoms with Gasteiger partial charge in [-0.1, -0.05) is 202 Å². The van der Waals surface area contributed by atoms with Gasteiger partial charge >= 0.3 is 19.8 Å².